The van der Waals surface area contributed by atoms with Gasteiger partial charge in [-0.2, -0.15) is 0 Å². The van der Waals surface area contributed by atoms with Crippen molar-refractivity contribution >= 4 is 51.8 Å². The van der Waals surface area contributed by atoms with Crippen LogP contribution in [0.25, 0.3) is 0 Å². The number of anilines is 1. The molecule has 1 heterocycles. The first-order valence-electron chi connectivity index (χ1n) is 5.92. The fourth-order valence-corrected chi connectivity index (χ4v) is 2.98. The lowest BCUT2D eigenvalue weighted by molar-refractivity contribution is -0.384. The topological polar surface area (TPSA) is 81.5 Å². The van der Waals surface area contributed by atoms with E-state index in [0.29, 0.717) is 16.5 Å². The second-order valence-electron chi connectivity index (χ2n) is 4.28. The van der Waals surface area contributed by atoms with E-state index in [1.165, 1.54) is 7.11 Å². The average Bonchev–Trinajstić information content (AvgIpc) is 2.85. The van der Waals surface area contributed by atoms with Crippen LogP contribution in [0.4, 0.5) is 11.4 Å². The smallest absolute Gasteiger partial charge is 0.299 e. The molecule has 2 rings (SSSR count). The van der Waals surface area contributed by atoms with Gasteiger partial charge in [0.1, 0.15) is 10.6 Å². The molecule has 0 spiro atoms. The molecule has 2 aromatic rings. The predicted molar refractivity (Wildman–Crippen MR) is 86.7 cm³/mol. The predicted octanol–water partition coefficient (Wildman–Crippen LogP) is 4.53. The van der Waals surface area contributed by atoms with Gasteiger partial charge in [-0.3, -0.25) is 14.9 Å². The molecule has 22 heavy (non-hydrogen) atoms. The van der Waals surface area contributed by atoms with E-state index in [0.717, 1.165) is 23.0 Å². The van der Waals surface area contributed by atoms with Gasteiger partial charge in [0.15, 0.2) is 4.34 Å². The number of nitrogens with one attached hydrogen (secondary N) is 1. The van der Waals surface area contributed by atoms with Crippen molar-refractivity contribution in [3.8, 4) is 5.75 Å². The van der Waals surface area contributed by atoms with Gasteiger partial charge in [0.25, 0.3) is 11.6 Å². The SMILES string of the molecule is COc1cc(Cl)c(C)cc1NC(=O)c1cc([N+](=O)[O-])c(Cl)s1. The van der Waals surface area contributed by atoms with Crippen LogP contribution in [0.15, 0.2) is 18.2 Å². The van der Waals surface area contributed by atoms with Crippen molar-refractivity contribution in [1.29, 1.82) is 0 Å². The molecule has 9 heteroatoms. The number of hydrogen-bond acceptors (Lipinski definition) is 5. The molecule has 1 aromatic heterocycles. The Labute approximate surface area is 139 Å². The van der Waals surface area contributed by atoms with Gasteiger partial charge >= 0.3 is 0 Å². The third-order valence-corrected chi connectivity index (χ3v) is 4.56. The zero-order valence-electron chi connectivity index (χ0n) is 11.5. The molecule has 1 amide bonds. The van der Waals surface area contributed by atoms with E-state index in [1.54, 1.807) is 19.1 Å². The highest BCUT2D eigenvalue weighted by molar-refractivity contribution is 7.18. The number of aryl methyl sites for hydroxylation is 1. The number of hydrogen-bond donors (Lipinski definition) is 1. The molecule has 0 saturated heterocycles. The molecule has 0 radical (unpaired) electrons. The maximum atomic E-state index is 12.2. The molecular weight excluding hydrogens is 351 g/mol. The maximum Gasteiger partial charge on any atom is 0.299 e. The van der Waals surface area contributed by atoms with Crippen LogP contribution >= 0.6 is 34.5 Å². The van der Waals surface area contributed by atoms with Gasteiger partial charge in [0.05, 0.1) is 17.7 Å². The van der Waals surface area contributed by atoms with Crippen LogP contribution in [0, 0.1) is 17.0 Å². The molecule has 1 N–H and O–H groups in total. The summed E-state index contributed by atoms with van der Waals surface area (Å²) >= 11 is 12.6. The Kier molecular flexibility index (Phi) is 4.90. The highest BCUT2D eigenvalue weighted by atomic mass is 35.5. The normalized spacial score (nSPS) is 10.4. The standard InChI is InChI=1S/C13H10Cl2N2O4S/c1-6-3-8(10(21-2)4-7(6)14)16-13(18)11-5-9(17(19)20)12(15)22-11/h3-5H,1-2H3,(H,16,18). The van der Waals surface area contributed by atoms with Gasteiger partial charge in [-0.15, -0.1) is 11.3 Å². The summed E-state index contributed by atoms with van der Waals surface area (Å²) in [5.41, 5.74) is 0.880. The Morgan fingerprint density at radius 3 is 2.59 bits per heavy atom. The van der Waals surface area contributed by atoms with Crippen LogP contribution in [-0.4, -0.2) is 17.9 Å². The molecule has 116 valence electrons. The molecule has 0 aliphatic heterocycles. The van der Waals surface area contributed by atoms with E-state index in [4.69, 9.17) is 27.9 Å². The largest absolute Gasteiger partial charge is 0.495 e. The minimum absolute atomic E-state index is 0.0469. The van der Waals surface area contributed by atoms with Crippen LogP contribution in [0.2, 0.25) is 9.36 Å². The second kappa shape index (κ2) is 6.51. The highest BCUT2D eigenvalue weighted by Crippen LogP contribution is 2.35. The van der Waals surface area contributed by atoms with Crippen molar-refractivity contribution in [2.75, 3.05) is 12.4 Å². The number of carbonyl (C=O) groups excluding carboxylic acids is 1. The summed E-state index contributed by atoms with van der Waals surface area (Å²) in [6.45, 7) is 1.78. The lowest BCUT2D eigenvalue weighted by Gasteiger charge is -2.11. The maximum absolute atomic E-state index is 12.2. The molecule has 0 bridgehead atoms. The third kappa shape index (κ3) is 3.32. The lowest BCUT2D eigenvalue weighted by atomic mass is 10.2. The van der Waals surface area contributed by atoms with Crippen molar-refractivity contribution in [1.82, 2.24) is 0 Å². The van der Waals surface area contributed by atoms with E-state index in [1.807, 2.05) is 0 Å². The molecule has 0 aliphatic carbocycles. The number of nitro groups is 1. The van der Waals surface area contributed by atoms with Crippen molar-refractivity contribution in [2.24, 2.45) is 0 Å². The summed E-state index contributed by atoms with van der Waals surface area (Å²) in [5.74, 6) is -0.124. The summed E-state index contributed by atoms with van der Waals surface area (Å²) in [5, 5.41) is 13.9. The molecular formula is C13H10Cl2N2O4S. The van der Waals surface area contributed by atoms with E-state index in [-0.39, 0.29) is 14.9 Å². The number of ether oxygens (including phenoxy) is 1. The molecule has 0 saturated carbocycles. The number of methoxy groups -OCH3 is 1. The van der Waals surface area contributed by atoms with Crippen LogP contribution in [0.5, 0.6) is 5.75 Å². The quantitative estimate of drug-likeness (QED) is 0.641. The average molecular weight is 361 g/mol. The first-order chi connectivity index (χ1) is 10.3. The Bertz CT molecular complexity index is 761. The molecule has 0 fully saturated rings. The van der Waals surface area contributed by atoms with E-state index >= 15 is 0 Å². The summed E-state index contributed by atoms with van der Waals surface area (Å²) in [7, 11) is 1.45. The summed E-state index contributed by atoms with van der Waals surface area (Å²) < 4.78 is 5.11. The van der Waals surface area contributed by atoms with Crippen molar-refractivity contribution < 1.29 is 14.5 Å². The summed E-state index contributed by atoms with van der Waals surface area (Å²) in [6.07, 6.45) is 0. The molecule has 0 unspecified atom stereocenters. The van der Waals surface area contributed by atoms with Gasteiger partial charge in [0, 0.05) is 17.2 Å². The third-order valence-electron chi connectivity index (χ3n) is 2.82. The second-order valence-corrected chi connectivity index (χ2v) is 6.34. The lowest BCUT2D eigenvalue weighted by Crippen LogP contribution is -2.11. The van der Waals surface area contributed by atoms with E-state index in [9.17, 15) is 14.9 Å². The summed E-state index contributed by atoms with van der Waals surface area (Å²) in [6, 6.07) is 4.37. The Morgan fingerprint density at radius 1 is 1.36 bits per heavy atom. The molecule has 1 aromatic carbocycles. The van der Waals surface area contributed by atoms with Gasteiger partial charge in [-0.05, 0) is 18.6 Å². The fraction of sp³-hybridized carbons (Fsp3) is 0.154. The first kappa shape index (κ1) is 16.5. The number of rotatable bonds is 4. The zero-order chi connectivity index (χ0) is 16.4. The monoisotopic (exact) mass is 360 g/mol. The number of benzene rings is 1. The van der Waals surface area contributed by atoms with E-state index in [2.05, 4.69) is 5.32 Å². The number of thiophene rings is 1. The Morgan fingerprint density at radius 2 is 2.05 bits per heavy atom. The van der Waals surface area contributed by atoms with Crippen molar-refractivity contribution in [2.45, 2.75) is 6.92 Å². The van der Waals surface area contributed by atoms with E-state index < -0.39 is 10.8 Å². The van der Waals surface area contributed by atoms with Crippen LogP contribution in [-0.2, 0) is 0 Å². The number of halogens is 2. The zero-order valence-corrected chi connectivity index (χ0v) is 13.8. The number of carbonyl (C=O) groups is 1. The Balaban J connectivity index is 2.31. The van der Waals surface area contributed by atoms with Gasteiger partial charge in [0.2, 0.25) is 0 Å². The first-order valence-corrected chi connectivity index (χ1v) is 7.50. The Hall–Kier alpha value is -1.83. The molecule has 6 nitrogen and oxygen atoms in total. The highest BCUT2D eigenvalue weighted by Gasteiger charge is 2.22. The number of amides is 1. The summed E-state index contributed by atoms with van der Waals surface area (Å²) in [4.78, 5) is 22.5. The van der Waals surface area contributed by atoms with Crippen LogP contribution in [0.1, 0.15) is 15.2 Å². The van der Waals surface area contributed by atoms with Gasteiger partial charge in [-0.25, -0.2) is 0 Å². The molecule has 0 atom stereocenters. The van der Waals surface area contributed by atoms with Crippen LogP contribution in [0.3, 0.4) is 0 Å². The fourth-order valence-electron chi connectivity index (χ4n) is 1.71. The van der Waals surface area contributed by atoms with Gasteiger partial charge in [-0.1, -0.05) is 23.2 Å². The van der Waals surface area contributed by atoms with Crippen molar-refractivity contribution in [3.63, 3.8) is 0 Å². The molecule has 0 aliphatic rings. The van der Waals surface area contributed by atoms with Crippen LogP contribution < -0.4 is 10.1 Å². The number of nitrogens with zero attached hydrogens (tertiary/aromatic N) is 1. The minimum atomic E-state index is -0.636. The van der Waals surface area contributed by atoms with Crippen molar-refractivity contribution in [3.05, 3.63) is 48.1 Å². The van der Waals surface area contributed by atoms with Gasteiger partial charge < -0.3 is 10.1 Å². The minimum Gasteiger partial charge on any atom is -0.495 e.